The summed E-state index contributed by atoms with van der Waals surface area (Å²) in [5.41, 5.74) is 8.34. The average Bonchev–Trinajstić information content (AvgIpc) is 3.48. The zero-order chi connectivity index (χ0) is 20.0. The number of para-hydroxylation sites is 2. The van der Waals surface area contributed by atoms with Gasteiger partial charge in [0.25, 0.3) is 0 Å². The Hall–Kier alpha value is -3.24. The lowest BCUT2D eigenvalue weighted by atomic mass is 9.73. The maximum absolute atomic E-state index is 6.47. The van der Waals surface area contributed by atoms with Gasteiger partial charge in [0.2, 0.25) is 0 Å². The summed E-state index contributed by atoms with van der Waals surface area (Å²) in [4.78, 5) is 4.90. The Morgan fingerprint density at radius 3 is 2.60 bits per heavy atom. The zero-order valence-corrected chi connectivity index (χ0v) is 17.7. The minimum atomic E-state index is -0.157. The van der Waals surface area contributed by atoms with Crippen molar-refractivity contribution in [2.24, 2.45) is 0 Å². The Bertz CT molecular complexity index is 1460. The van der Waals surface area contributed by atoms with Crippen LogP contribution in [0, 0.1) is 0 Å². The van der Waals surface area contributed by atoms with E-state index >= 15 is 0 Å². The normalized spacial score (nSPS) is 16.3. The Labute approximate surface area is 178 Å². The van der Waals surface area contributed by atoms with Crippen molar-refractivity contribution in [2.45, 2.75) is 19.3 Å². The molecule has 0 bridgehead atoms. The van der Waals surface area contributed by atoms with E-state index in [1.165, 1.54) is 44.0 Å². The molecule has 0 saturated carbocycles. The van der Waals surface area contributed by atoms with E-state index in [0.717, 1.165) is 17.8 Å². The third-order valence-corrected chi connectivity index (χ3v) is 7.64. The van der Waals surface area contributed by atoms with Gasteiger partial charge in [0, 0.05) is 21.8 Å². The lowest BCUT2D eigenvalue weighted by Crippen LogP contribution is -2.32. The van der Waals surface area contributed by atoms with Gasteiger partial charge in [0.1, 0.15) is 17.8 Å². The summed E-state index contributed by atoms with van der Waals surface area (Å²) >= 11 is 1.79. The van der Waals surface area contributed by atoms with Crippen LogP contribution in [0.2, 0.25) is 0 Å². The monoisotopic (exact) mass is 408 g/mol. The maximum atomic E-state index is 6.47. The van der Waals surface area contributed by atoms with Gasteiger partial charge in [0.15, 0.2) is 0 Å². The first-order valence-corrected chi connectivity index (χ1v) is 11.2. The molecular weight excluding hydrogens is 388 g/mol. The molecule has 7 rings (SSSR count). The molecule has 2 aromatic heterocycles. The minimum absolute atomic E-state index is 0.157. The molecule has 5 aromatic rings. The smallest absolute Gasteiger partial charge is 0.141 e. The standard InChI is InChI=1S/C26H20N2OS/c1-26(2)18-8-5-9-20-24(18)28(15-27(20)22-11-6-14-30-22)19-13-12-17-16-7-3-4-10-21(16)29-25(17)23(19)26/h3-14H,15H2,1-2H3. The highest BCUT2D eigenvalue weighted by Gasteiger charge is 2.44. The largest absolute Gasteiger partial charge is 0.456 e. The quantitative estimate of drug-likeness (QED) is 0.286. The molecule has 0 unspecified atom stereocenters. The van der Waals surface area contributed by atoms with Gasteiger partial charge >= 0.3 is 0 Å². The summed E-state index contributed by atoms with van der Waals surface area (Å²) in [6.45, 7) is 5.49. The van der Waals surface area contributed by atoms with Crippen molar-refractivity contribution in [1.82, 2.24) is 0 Å². The summed E-state index contributed by atoms with van der Waals surface area (Å²) in [6, 6.07) is 23.9. The molecule has 0 aliphatic carbocycles. The molecule has 2 aliphatic heterocycles. The molecule has 3 aromatic carbocycles. The van der Waals surface area contributed by atoms with Crippen molar-refractivity contribution >= 4 is 55.3 Å². The molecule has 0 N–H and O–H groups in total. The van der Waals surface area contributed by atoms with Crippen LogP contribution in [0.5, 0.6) is 0 Å². The zero-order valence-electron chi connectivity index (χ0n) is 16.8. The van der Waals surface area contributed by atoms with Gasteiger partial charge in [-0.2, -0.15) is 0 Å². The van der Waals surface area contributed by atoms with Crippen LogP contribution in [0.25, 0.3) is 21.9 Å². The predicted molar refractivity (Wildman–Crippen MR) is 126 cm³/mol. The van der Waals surface area contributed by atoms with Crippen LogP contribution in [-0.2, 0) is 5.41 Å². The van der Waals surface area contributed by atoms with E-state index in [0.29, 0.717) is 0 Å². The molecule has 30 heavy (non-hydrogen) atoms. The minimum Gasteiger partial charge on any atom is -0.456 e. The van der Waals surface area contributed by atoms with E-state index in [4.69, 9.17) is 4.42 Å². The van der Waals surface area contributed by atoms with Gasteiger partial charge in [-0.1, -0.05) is 44.2 Å². The Morgan fingerprint density at radius 1 is 0.833 bits per heavy atom. The fourth-order valence-electron chi connectivity index (χ4n) is 5.38. The molecule has 0 atom stereocenters. The second kappa shape index (κ2) is 5.46. The van der Waals surface area contributed by atoms with E-state index in [2.05, 4.69) is 89.7 Å². The van der Waals surface area contributed by atoms with Crippen LogP contribution in [0.1, 0.15) is 25.0 Å². The predicted octanol–water partition coefficient (Wildman–Crippen LogP) is 7.53. The second-order valence-corrected chi connectivity index (χ2v) is 9.61. The van der Waals surface area contributed by atoms with Crippen LogP contribution in [0.3, 0.4) is 0 Å². The summed E-state index contributed by atoms with van der Waals surface area (Å²) in [7, 11) is 0. The van der Waals surface area contributed by atoms with E-state index in [1.807, 2.05) is 6.07 Å². The third kappa shape index (κ3) is 1.90. The lowest BCUT2D eigenvalue weighted by Gasteiger charge is -2.39. The molecule has 0 spiro atoms. The maximum Gasteiger partial charge on any atom is 0.141 e. The highest BCUT2D eigenvalue weighted by atomic mass is 32.1. The number of fused-ring (bicyclic) bond motifs is 6. The Balaban J connectivity index is 1.56. The molecule has 0 saturated heterocycles. The van der Waals surface area contributed by atoms with Gasteiger partial charge < -0.3 is 14.2 Å². The van der Waals surface area contributed by atoms with Crippen LogP contribution >= 0.6 is 11.3 Å². The molecule has 2 aliphatic rings. The van der Waals surface area contributed by atoms with Gasteiger partial charge in [0.05, 0.1) is 22.1 Å². The average molecular weight is 409 g/mol. The van der Waals surface area contributed by atoms with Gasteiger partial charge in [-0.25, -0.2) is 0 Å². The van der Waals surface area contributed by atoms with Crippen molar-refractivity contribution in [3.05, 3.63) is 83.2 Å². The highest BCUT2D eigenvalue weighted by Crippen LogP contribution is 2.58. The highest BCUT2D eigenvalue weighted by molar-refractivity contribution is 7.14. The molecule has 4 heteroatoms. The Kier molecular flexibility index (Phi) is 3.01. The molecule has 146 valence electrons. The van der Waals surface area contributed by atoms with Gasteiger partial charge in [-0.3, -0.25) is 0 Å². The summed E-state index contributed by atoms with van der Waals surface area (Å²) in [6.07, 6.45) is 0. The Morgan fingerprint density at radius 2 is 1.73 bits per heavy atom. The van der Waals surface area contributed by atoms with Crippen LogP contribution in [0.15, 0.2) is 76.5 Å². The summed E-state index contributed by atoms with van der Waals surface area (Å²) in [5.74, 6) is 0. The number of thiophene rings is 1. The number of rotatable bonds is 1. The first-order valence-electron chi connectivity index (χ1n) is 10.3. The number of benzene rings is 3. The van der Waals surface area contributed by atoms with Crippen molar-refractivity contribution in [1.29, 1.82) is 0 Å². The number of anilines is 4. The van der Waals surface area contributed by atoms with Crippen molar-refractivity contribution in [3.8, 4) is 0 Å². The fourth-order valence-corrected chi connectivity index (χ4v) is 6.11. The van der Waals surface area contributed by atoms with Crippen LogP contribution < -0.4 is 9.80 Å². The number of furan rings is 1. The van der Waals surface area contributed by atoms with Crippen LogP contribution in [-0.4, -0.2) is 6.67 Å². The van der Waals surface area contributed by atoms with Gasteiger partial charge in [-0.05, 0) is 47.3 Å². The SMILES string of the molecule is CC1(C)c2cccc3c2N(CN3c2cccs2)c2ccc3c(oc4ccccc43)c21. The first-order chi connectivity index (χ1) is 14.6. The molecule has 0 radical (unpaired) electrons. The topological polar surface area (TPSA) is 19.6 Å². The molecule has 4 heterocycles. The van der Waals surface area contributed by atoms with E-state index < -0.39 is 0 Å². The first kappa shape index (κ1) is 16.5. The molecule has 0 amide bonds. The van der Waals surface area contributed by atoms with E-state index in [-0.39, 0.29) is 5.41 Å². The van der Waals surface area contributed by atoms with Crippen molar-refractivity contribution in [3.63, 3.8) is 0 Å². The van der Waals surface area contributed by atoms with E-state index in [9.17, 15) is 0 Å². The number of hydrogen-bond donors (Lipinski definition) is 0. The molecule has 3 nitrogen and oxygen atoms in total. The molecular formula is C26H20N2OS. The summed E-state index contributed by atoms with van der Waals surface area (Å²) < 4.78 is 6.47. The number of hydrogen-bond acceptors (Lipinski definition) is 4. The van der Waals surface area contributed by atoms with E-state index in [1.54, 1.807) is 11.3 Å². The third-order valence-electron chi connectivity index (χ3n) is 6.74. The van der Waals surface area contributed by atoms with Crippen LogP contribution in [0.4, 0.5) is 22.1 Å². The van der Waals surface area contributed by atoms with Gasteiger partial charge in [-0.15, -0.1) is 11.3 Å². The van der Waals surface area contributed by atoms with Crippen molar-refractivity contribution in [2.75, 3.05) is 16.5 Å². The van der Waals surface area contributed by atoms with Crippen molar-refractivity contribution < 1.29 is 4.42 Å². The summed E-state index contributed by atoms with van der Waals surface area (Å²) in [5, 5.41) is 5.82. The lowest BCUT2D eigenvalue weighted by molar-refractivity contribution is 0.600. The molecule has 0 fully saturated rings. The fraction of sp³-hybridized carbons (Fsp3) is 0.154. The number of nitrogens with zero attached hydrogens (tertiary/aromatic N) is 2. The second-order valence-electron chi connectivity index (χ2n) is 8.68.